The van der Waals surface area contributed by atoms with Gasteiger partial charge in [-0.1, -0.05) is 12.1 Å². The van der Waals surface area contributed by atoms with Crippen LogP contribution < -0.4 is 8.92 Å². The van der Waals surface area contributed by atoms with Crippen LogP contribution in [0.3, 0.4) is 0 Å². The first-order valence-corrected chi connectivity index (χ1v) is 12.7. The molecule has 1 aromatic heterocycles. The quantitative estimate of drug-likeness (QED) is 0.284. The van der Waals surface area contributed by atoms with Crippen molar-refractivity contribution in [1.29, 1.82) is 0 Å². The van der Waals surface area contributed by atoms with Gasteiger partial charge in [0.05, 0.1) is 0 Å². The fourth-order valence-corrected chi connectivity index (χ4v) is 4.38. The summed E-state index contributed by atoms with van der Waals surface area (Å²) in [7, 11) is -4.38. The molecule has 1 aromatic carbocycles. The lowest BCUT2D eigenvalue weighted by atomic mass is 9.98. The van der Waals surface area contributed by atoms with Crippen molar-refractivity contribution < 1.29 is 60.2 Å². The van der Waals surface area contributed by atoms with E-state index in [-0.39, 0.29) is 11.5 Å². The van der Waals surface area contributed by atoms with Crippen molar-refractivity contribution in [3.05, 3.63) is 43.0 Å². The number of carbonyl (C=O) groups is 4. The first-order valence-electron chi connectivity index (χ1n) is 11.4. The average Bonchev–Trinajstić information content (AvgIpc) is 3.38. The van der Waals surface area contributed by atoms with Gasteiger partial charge >= 0.3 is 34.2 Å². The Labute approximate surface area is 223 Å². The molecule has 212 valence electrons. The summed E-state index contributed by atoms with van der Waals surface area (Å²) in [5, 5.41) is 0. The number of rotatable bonds is 10. The van der Waals surface area contributed by atoms with Gasteiger partial charge < -0.3 is 32.6 Å². The van der Waals surface area contributed by atoms with Gasteiger partial charge in [-0.2, -0.15) is 8.42 Å². The summed E-state index contributed by atoms with van der Waals surface area (Å²) in [6, 6.07) is 5.60. The highest BCUT2D eigenvalue weighted by molar-refractivity contribution is 7.85. The predicted molar refractivity (Wildman–Crippen MR) is 126 cm³/mol. The standard InChI is InChI=1S/C23H26N2O13S/c1-13(26)32-11-19-20(33-14(2)27)21(34-15(3)28)22(35-16(4)29)23(37-19)36-17-7-5-6-8-18(17)38-39(30,31)25-10-9-24-12-25/h5-10,12,19-23H,11H2,1-4H3/t19-,20+,21+,22-,23?/m1/s1. The van der Waals surface area contributed by atoms with Crippen LogP contribution in [0.15, 0.2) is 43.0 Å². The number of benzene rings is 1. The van der Waals surface area contributed by atoms with Crippen molar-refractivity contribution in [3.63, 3.8) is 0 Å². The molecule has 3 rings (SSSR count). The monoisotopic (exact) mass is 570 g/mol. The molecule has 5 atom stereocenters. The highest BCUT2D eigenvalue weighted by atomic mass is 32.2. The Morgan fingerprint density at radius 3 is 2.03 bits per heavy atom. The summed E-state index contributed by atoms with van der Waals surface area (Å²) in [6.45, 7) is 3.90. The minimum Gasteiger partial charge on any atom is -0.463 e. The van der Waals surface area contributed by atoms with E-state index < -0.39 is 71.5 Å². The van der Waals surface area contributed by atoms with Crippen LogP contribution in [-0.2, 0) is 53.2 Å². The van der Waals surface area contributed by atoms with Gasteiger partial charge in [0, 0.05) is 40.1 Å². The smallest absolute Gasteiger partial charge is 0.414 e. The van der Waals surface area contributed by atoms with Gasteiger partial charge in [-0.25, -0.2) is 8.96 Å². The highest BCUT2D eigenvalue weighted by Gasteiger charge is 2.53. The van der Waals surface area contributed by atoms with Crippen molar-refractivity contribution in [2.24, 2.45) is 0 Å². The molecule has 2 heterocycles. The van der Waals surface area contributed by atoms with Gasteiger partial charge in [-0.05, 0) is 12.1 Å². The third kappa shape index (κ3) is 7.90. The Balaban J connectivity index is 2.01. The molecule has 16 heteroatoms. The maximum absolute atomic E-state index is 12.6. The predicted octanol–water partition coefficient (Wildman–Crippen LogP) is 0.517. The minimum absolute atomic E-state index is 0.179. The van der Waals surface area contributed by atoms with Crippen LogP contribution in [0.25, 0.3) is 0 Å². The number of nitrogens with zero attached hydrogens (tertiary/aromatic N) is 2. The average molecular weight is 571 g/mol. The van der Waals surface area contributed by atoms with Crippen LogP contribution in [0.2, 0.25) is 0 Å². The topological polar surface area (TPSA) is 185 Å². The zero-order valence-electron chi connectivity index (χ0n) is 21.2. The van der Waals surface area contributed by atoms with E-state index in [0.717, 1.165) is 44.2 Å². The van der Waals surface area contributed by atoms with Gasteiger partial charge in [0.15, 0.2) is 23.7 Å². The summed E-state index contributed by atoms with van der Waals surface area (Å²) in [5.41, 5.74) is 0. The fourth-order valence-electron chi connectivity index (χ4n) is 3.56. The van der Waals surface area contributed by atoms with E-state index in [1.54, 1.807) is 0 Å². The molecule has 15 nitrogen and oxygen atoms in total. The molecule has 0 aliphatic carbocycles. The van der Waals surface area contributed by atoms with Crippen molar-refractivity contribution in [3.8, 4) is 11.5 Å². The summed E-state index contributed by atoms with van der Waals surface area (Å²) >= 11 is 0. The third-order valence-electron chi connectivity index (χ3n) is 4.97. The van der Waals surface area contributed by atoms with E-state index in [1.807, 2.05) is 0 Å². The van der Waals surface area contributed by atoms with Gasteiger partial charge in [0.25, 0.3) is 0 Å². The Morgan fingerprint density at radius 2 is 1.46 bits per heavy atom. The van der Waals surface area contributed by atoms with Crippen molar-refractivity contribution in [2.45, 2.75) is 58.4 Å². The summed E-state index contributed by atoms with van der Waals surface area (Å²) < 4.78 is 63.9. The van der Waals surface area contributed by atoms with Crippen LogP contribution in [0.4, 0.5) is 0 Å². The van der Waals surface area contributed by atoms with E-state index in [1.165, 1.54) is 30.5 Å². The first-order chi connectivity index (χ1) is 18.4. The molecule has 2 aromatic rings. The van der Waals surface area contributed by atoms with Crippen molar-refractivity contribution in [2.75, 3.05) is 6.61 Å². The van der Waals surface area contributed by atoms with E-state index in [9.17, 15) is 27.6 Å². The van der Waals surface area contributed by atoms with Gasteiger partial charge in [-0.3, -0.25) is 19.2 Å². The van der Waals surface area contributed by atoms with Crippen LogP contribution in [0, 0.1) is 0 Å². The molecule has 39 heavy (non-hydrogen) atoms. The molecule has 0 spiro atoms. The number of carbonyl (C=O) groups excluding carboxylic acids is 4. The third-order valence-corrected chi connectivity index (χ3v) is 6.10. The zero-order chi connectivity index (χ0) is 28.7. The molecule has 0 saturated carbocycles. The van der Waals surface area contributed by atoms with E-state index in [0.29, 0.717) is 0 Å². The maximum Gasteiger partial charge on any atom is 0.414 e. The first kappa shape index (κ1) is 29.4. The molecule has 1 saturated heterocycles. The van der Waals surface area contributed by atoms with Crippen LogP contribution in [0.5, 0.6) is 11.5 Å². The lowest BCUT2D eigenvalue weighted by Gasteiger charge is -2.43. The SMILES string of the molecule is CC(=O)OC[C@H]1OC(Oc2ccccc2OS(=O)(=O)n2ccnc2)[C@H](OC(C)=O)[C@@H](OC(C)=O)[C@H]1OC(C)=O. The van der Waals surface area contributed by atoms with Crippen LogP contribution in [-0.4, -0.2) is 78.6 Å². The van der Waals surface area contributed by atoms with Crippen LogP contribution >= 0.6 is 0 Å². The molecular formula is C23H26N2O13S. The lowest BCUT2D eigenvalue weighted by Crippen LogP contribution is -2.63. The largest absolute Gasteiger partial charge is 0.463 e. The van der Waals surface area contributed by atoms with Crippen molar-refractivity contribution in [1.82, 2.24) is 8.96 Å². The summed E-state index contributed by atoms with van der Waals surface area (Å²) in [5.74, 6) is -3.59. The highest BCUT2D eigenvalue weighted by Crippen LogP contribution is 2.35. The zero-order valence-corrected chi connectivity index (χ0v) is 22.1. The number of esters is 4. The van der Waals surface area contributed by atoms with E-state index >= 15 is 0 Å². The number of hydrogen-bond donors (Lipinski definition) is 0. The number of para-hydroxylation sites is 2. The van der Waals surface area contributed by atoms with Gasteiger partial charge in [-0.15, -0.1) is 0 Å². The number of hydrogen-bond acceptors (Lipinski definition) is 14. The summed E-state index contributed by atoms with van der Waals surface area (Å²) in [6.07, 6.45) is -3.84. The molecule has 1 fully saturated rings. The fraction of sp³-hybridized carbons (Fsp3) is 0.435. The Hall–Kier alpha value is -4.18. The van der Waals surface area contributed by atoms with E-state index in [2.05, 4.69) is 4.98 Å². The number of imidazole rings is 1. The molecule has 1 aliphatic rings. The molecule has 0 N–H and O–H groups in total. The normalized spacial score (nSPS) is 22.7. The second-order valence-corrected chi connectivity index (χ2v) is 9.51. The van der Waals surface area contributed by atoms with Gasteiger partial charge in [0.2, 0.25) is 12.4 Å². The molecule has 1 unspecified atom stereocenters. The second-order valence-electron chi connectivity index (χ2n) is 8.07. The Morgan fingerprint density at radius 1 is 0.872 bits per heavy atom. The molecule has 0 amide bonds. The Kier molecular flexibility index (Phi) is 9.47. The minimum atomic E-state index is -4.38. The Bertz CT molecular complexity index is 1290. The summed E-state index contributed by atoms with van der Waals surface area (Å²) in [4.78, 5) is 51.0. The molecule has 0 bridgehead atoms. The van der Waals surface area contributed by atoms with Crippen molar-refractivity contribution >= 4 is 34.2 Å². The second kappa shape index (κ2) is 12.6. The number of aromatic nitrogens is 2. The molecule has 1 aliphatic heterocycles. The lowest BCUT2D eigenvalue weighted by molar-refractivity contribution is -0.288. The maximum atomic E-state index is 12.6. The molecule has 0 radical (unpaired) electrons. The van der Waals surface area contributed by atoms with Gasteiger partial charge in [0.1, 0.15) is 19.0 Å². The molecular weight excluding hydrogens is 544 g/mol. The number of ether oxygens (including phenoxy) is 6. The van der Waals surface area contributed by atoms with Crippen LogP contribution in [0.1, 0.15) is 27.7 Å². The van der Waals surface area contributed by atoms with E-state index in [4.69, 9.17) is 32.6 Å².